The molecule has 31 heavy (non-hydrogen) atoms. The van der Waals surface area contributed by atoms with E-state index < -0.39 is 0 Å². The van der Waals surface area contributed by atoms with Crippen molar-refractivity contribution >= 4 is 33.3 Å². The van der Waals surface area contributed by atoms with Crippen molar-refractivity contribution in [3.05, 3.63) is 82.4 Å². The fourth-order valence-electron chi connectivity index (χ4n) is 2.83. The van der Waals surface area contributed by atoms with Gasteiger partial charge in [0, 0.05) is 5.56 Å². The van der Waals surface area contributed by atoms with Crippen LogP contribution in [0.2, 0.25) is 5.02 Å². The second kappa shape index (κ2) is 11.1. The Labute approximate surface area is 195 Å². The molecule has 162 valence electrons. The van der Waals surface area contributed by atoms with Crippen molar-refractivity contribution in [3.8, 4) is 23.0 Å². The maximum atomic E-state index is 12.2. The molecule has 3 aromatic rings. The Morgan fingerprint density at radius 1 is 0.806 bits per heavy atom. The number of hydrogen-bond donors (Lipinski definition) is 0. The summed E-state index contributed by atoms with van der Waals surface area (Å²) in [5.41, 5.74) is 2.26. The van der Waals surface area contributed by atoms with Crippen LogP contribution in [0, 0.1) is 0 Å². The Kier molecular flexibility index (Phi) is 8.20. The SMILES string of the molecule is COc1ccc(COc2ccc(C(=O)CBr)c(Cl)c2OCc2ccc(OC)cc2)cc1. The molecule has 0 spiro atoms. The van der Waals surface area contributed by atoms with Gasteiger partial charge in [-0.2, -0.15) is 0 Å². The number of rotatable bonds is 10. The average Bonchev–Trinajstić information content (AvgIpc) is 2.82. The van der Waals surface area contributed by atoms with Crippen LogP contribution in [0.4, 0.5) is 0 Å². The van der Waals surface area contributed by atoms with Crippen LogP contribution in [0.1, 0.15) is 21.5 Å². The van der Waals surface area contributed by atoms with E-state index in [-0.39, 0.29) is 22.7 Å². The third kappa shape index (κ3) is 5.93. The van der Waals surface area contributed by atoms with E-state index in [0.29, 0.717) is 23.7 Å². The predicted molar refractivity (Wildman–Crippen MR) is 124 cm³/mol. The van der Waals surface area contributed by atoms with Gasteiger partial charge in [0.05, 0.1) is 24.6 Å². The first-order valence-electron chi connectivity index (χ1n) is 9.48. The summed E-state index contributed by atoms with van der Waals surface area (Å²) in [6.07, 6.45) is 0. The summed E-state index contributed by atoms with van der Waals surface area (Å²) in [7, 11) is 3.24. The second-order valence-electron chi connectivity index (χ2n) is 6.58. The van der Waals surface area contributed by atoms with E-state index in [9.17, 15) is 4.79 Å². The molecule has 7 heteroatoms. The Morgan fingerprint density at radius 3 is 1.81 bits per heavy atom. The maximum absolute atomic E-state index is 12.2. The molecule has 0 saturated carbocycles. The first-order chi connectivity index (χ1) is 15.0. The molecular formula is C24H22BrClO5. The topological polar surface area (TPSA) is 54.0 Å². The summed E-state index contributed by atoms with van der Waals surface area (Å²) < 4.78 is 22.3. The Bertz CT molecular complexity index is 1020. The molecule has 0 N–H and O–H groups in total. The molecule has 3 rings (SSSR count). The number of alkyl halides is 1. The molecule has 0 saturated heterocycles. The van der Waals surface area contributed by atoms with Crippen molar-refractivity contribution in [1.29, 1.82) is 0 Å². The highest BCUT2D eigenvalue weighted by atomic mass is 79.9. The minimum atomic E-state index is -0.138. The van der Waals surface area contributed by atoms with Gasteiger partial charge in [0.25, 0.3) is 0 Å². The van der Waals surface area contributed by atoms with Gasteiger partial charge in [0.2, 0.25) is 0 Å². The summed E-state index contributed by atoms with van der Waals surface area (Å²) in [5.74, 6) is 2.18. The molecule has 3 aromatic carbocycles. The number of ketones is 1. The number of benzene rings is 3. The minimum Gasteiger partial charge on any atom is -0.497 e. The maximum Gasteiger partial charge on any atom is 0.180 e. The lowest BCUT2D eigenvalue weighted by molar-refractivity contribution is 0.102. The van der Waals surface area contributed by atoms with Gasteiger partial charge in [-0.1, -0.05) is 51.8 Å². The number of halogens is 2. The van der Waals surface area contributed by atoms with Crippen molar-refractivity contribution in [2.75, 3.05) is 19.5 Å². The van der Waals surface area contributed by atoms with Crippen LogP contribution in [0.15, 0.2) is 60.7 Å². The molecule has 0 aromatic heterocycles. The van der Waals surface area contributed by atoms with Gasteiger partial charge in [-0.05, 0) is 47.5 Å². The number of methoxy groups -OCH3 is 2. The van der Waals surface area contributed by atoms with E-state index in [0.717, 1.165) is 22.6 Å². The van der Waals surface area contributed by atoms with E-state index >= 15 is 0 Å². The van der Waals surface area contributed by atoms with E-state index in [1.807, 2.05) is 48.5 Å². The van der Waals surface area contributed by atoms with Gasteiger partial charge >= 0.3 is 0 Å². The average molecular weight is 506 g/mol. The Balaban J connectivity index is 1.82. The van der Waals surface area contributed by atoms with Gasteiger partial charge in [-0.15, -0.1) is 0 Å². The minimum absolute atomic E-state index is 0.138. The summed E-state index contributed by atoms with van der Waals surface area (Å²) >= 11 is 9.73. The van der Waals surface area contributed by atoms with Gasteiger partial charge in [0.1, 0.15) is 24.7 Å². The summed E-state index contributed by atoms with van der Waals surface area (Å²) in [6.45, 7) is 0.569. The van der Waals surface area contributed by atoms with Gasteiger partial charge < -0.3 is 18.9 Å². The third-order valence-electron chi connectivity index (χ3n) is 4.58. The van der Waals surface area contributed by atoms with E-state index in [1.54, 1.807) is 26.4 Å². The van der Waals surface area contributed by atoms with Crippen LogP contribution in [0.5, 0.6) is 23.0 Å². The van der Waals surface area contributed by atoms with Crippen molar-refractivity contribution in [1.82, 2.24) is 0 Å². The molecule has 0 atom stereocenters. The highest BCUT2D eigenvalue weighted by Crippen LogP contribution is 2.39. The molecule has 0 radical (unpaired) electrons. The Morgan fingerprint density at radius 2 is 1.32 bits per heavy atom. The van der Waals surface area contributed by atoms with Crippen molar-refractivity contribution in [3.63, 3.8) is 0 Å². The van der Waals surface area contributed by atoms with E-state index in [2.05, 4.69) is 15.9 Å². The monoisotopic (exact) mass is 504 g/mol. The number of Topliss-reactive ketones (excluding diaryl/α,β-unsaturated/α-hetero) is 1. The lowest BCUT2D eigenvalue weighted by Crippen LogP contribution is -2.06. The number of hydrogen-bond acceptors (Lipinski definition) is 5. The zero-order chi connectivity index (χ0) is 22.2. The molecule has 0 amide bonds. The smallest absolute Gasteiger partial charge is 0.180 e. The highest BCUT2D eigenvalue weighted by Gasteiger charge is 2.19. The van der Waals surface area contributed by atoms with E-state index in [1.165, 1.54) is 0 Å². The largest absolute Gasteiger partial charge is 0.497 e. The van der Waals surface area contributed by atoms with Gasteiger partial charge in [-0.3, -0.25) is 4.79 Å². The van der Waals surface area contributed by atoms with Crippen LogP contribution in [-0.2, 0) is 13.2 Å². The summed E-state index contributed by atoms with van der Waals surface area (Å²) in [6, 6.07) is 18.4. The molecule has 0 unspecified atom stereocenters. The molecular weight excluding hydrogens is 484 g/mol. The predicted octanol–water partition coefficient (Wildman–Crippen LogP) is 6.09. The number of ether oxygens (including phenoxy) is 4. The standard InChI is InChI=1S/C24H22BrClO5/c1-28-18-7-3-16(4-8-18)14-30-22-12-11-20(21(27)13-25)23(26)24(22)31-15-17-5-9-19(29-2)10-6-17/h3-12H,13-15H2,1-2H3. The second-order valence-corrected chi connectivity index (χ2v) is 7.52. The van der Waals surface area contributed by atoms with Crippen LogP contribution in [0.3, 0.4) is 0 Å². The number of carbonyl (C=O) groups is 1. The Hall–Kier alpha value is -2.70. The molecule has 0 aliphatic carbocycles. The zero-order valence-corrected chi connectivity index (χ0v) is 19.5. The fraction of sp³-hybridized carbons (Fsp3) is 0.208. The number of carbonyl (C=O) groups excluding carboxylic acids is 1. The lowest BCUT2D eigenvalue weighted by atomic mass is 10.1. The first kappa shape index (κ1) is 23.0. The van der Waals surface area contributed by atoms with Crippen LogP contribution < -0.4 is 18.9 Å². The normalized spacial score (nSPS) is 10.5. The van der Waals surface area contributed by atoms with Crippen LogP contribution in [-0.4, -0.2) is 25.3 Å². The summed E-state index contributed by atoms with van der Waals surface area (Å²) in [4.78, 5) is 12.2. The molecule has 5 nitrogen and oxygen atoms in total. The highest BCUT2D eigenvalue weighted by molar-refractivity contribution is 9.09. The van der Waals surface area contributed by atoms with Crippen molar-refractivity contribution < 1.29 is 23.7 Å². The van der Waals surface area contributed by atoms with Crippen molar-refractivity contribution in [2.45, 2.75) is 13.2 Å². The van der Waals surface area contributed by atoms with Crippen molar-refractivity contribution in [2.24, 2.45) is 0 Å². The quantitative estimate of drug-likeness (QED) is 0.246. The summed E-state index contributed by atoms with van der Waals surface area (Å²) in [5, 5.41) is 0.390. The molecule has 0 bridgehead atoms. The van der Waals surface area contributed by atoms with Gasteiger partial charge in [-0.25, -0.2) is 0 Å². The molecule has 0 aliphatic rings. The fourth-order valence-corrected chi connectivity index (χ4v) is 3.45. The van der Waals surface area contributed by atoms with Gasteiger partial charge in [0.15, 0.2) is 17.3 Å². The van der Waals surface area contributed by atoms with E-state index in [4.69, 9.17) is 30.5 Å². The molecule has 0 heterocycles. The molecule has 0 aliphatic heterocycles. The third-order valence-corrected chi connectivity index (χ3v) is 5.46. The first-order valence-corrected chi connectivity index (χ1v) is 11.0. The van der Waals surface area contributed by atoms with Crippen LogP contribution >= 0.6 is 27.5 Å². The lowest BCUT2D eigenvalue weighted by Gasteiger charge is -2.16. The van der Waals surface area contributed by atoms with Crippen LogP contribution in [0.25, 0.3) is 0 Å². The molecule has 0 fully saturated rings. The zero-order valence-electron chi connectivity index (χ0n) is 17.2.